The molecule has 1 heterocycles. The molecule has 0 saturated heterocycles. The lowest BCUT2D eigenvalue weighted by Crippen LogP contribution is -2.02. The molecule has 0 spiro atoms. The van der Waals surface area contributed by atoms with Crippen molar-refractivity contribution in [2.24, 2.45) is 0 Å². The molecule has 0 fully saturated rings. The van der Waals surface area contributed by atoms with E-state index in [9.17, 15) is 17.6 Å². The zero-order chi connectivity index (χ0) is 13.3. The number of nitrogens with zero attached hydrogens (tertiary/aromatic N) is 1. The first-order valence-electron chi connectivity index (χ1n) is 4.71. The van der Waals surface area contributed by atoms with E-state index in [-0.39, 0.29) is 10.7 Å². The van der Waals surface area contributed by atoms with Crippen LogP contribution in [0.25, 0.3) is 0 Å². The Morgan fingerprint density at radius 3 is 2.39 bits per heavy atom. The van der Waals surface area contributed by atoms with Crippen LogP contribution in [0.5, 0.6) is 0 Å². The van der Waals surface area contributed by atoms with Crippen molar-refractivity contribution < 1.29 is 17.6 Å². The van der Waals surface area contributed by atoms with E-state index in [0.717, 1.165) is 6.07 Å². The number of pyridine rings is 1. The lowest BCUT2D eigenvalue weighted by molar-refractivity contribution is 0.467. The molecule has 7 heteroatoms. The third-order valence-electron chi connectivity index (χ3n) is 2.07. The van der Waals surface area contributed by atoms with Gasteiger partial charge in [0, 0.05) is 11.1 Å². The van der Waals surface area contributed by atoms with Crippen LogP contribution in [0.4, 0.5) is 29.1 Å². The summed E-state index contributed by atoms with van der Waals surface area (Å²) in [6.45, 7) is 0. The van der Waals surface area contributed by atoms with Gasteiger partial charge in [-0.05, 0) is 18.2 Å². The fourth-order valence-electron chi connectivity index (χ4n) is 1.25. The van der Waals surface area contributed by atoms with E-state index < -0.39 is 29.2 Å². The van der Waals surface area contributed by atoms with Gasteiger partial charge in [0.05, 0.1) is 5.69 Å². The highest BCUT2D eigenvalue weighted by Crippen LogP contribution is 2.24. The van der Waals surface area contributed by atoms with Gasteiger partial charge in [-0.1, -0.05) is 11.6 Å². The second-order valence-corrected chi connectivity index (χ2v) is 3.78. The fourth-order valence-corrected chi connectivity index (χ4v) is 1.42. The predicted molar refractivity (Wildman–Crippen MR) is 58.8 cm³/mol. The molecule has 0 amide bonds. The van der Waals surface area contributed by atoms with Crippen molar-refractivity contribution in [2.45, 2.75) is 0 Å². The van der Waals surface area contributed by atoms with Gasteiger partial charge in [-0.15, -0.1) is 0 Å². The van der Waals surface area contributed by atoms with Crippen LogP contribution in [0.3, 0.4) is 0 Å². The molecular weight excluding hydrogens is 272 g/mol. The molecule has 2 nitrogen and oxygen atoms in total. The largest absolute Gasteiger partial charge is 0.335 e. The molecule has 1 aromatic carbocycles. The van der Waals surface area contributed by atoms with Crippen molar-refractivity contribution in [2.75, 3.05) is 5.32 Å². The molecule has 1 N–H and O–H groups in total. The molecular formula is C11H5ClF4N2. The molecule has 2 aromatic rings. The van der Waals surface area contributed by atoms with Crippen LogP contribution in [0, 0.1) is 23.4 Å². The average Bonchev–Trinajstić information content (AvgIpc) is 2.30. The summed E-state index contributed by atoms with van der Waals surface area (Å²) < 4.78 is 52.1. The first kappa shape index (κ1) is 12.6. The van der Waals surface area contributed by atoms with Crippen LogP contribution in [0.15, 0.2) is 24.3 Å². The highest BCUT2D eigenvalue weighted by Gasteiger charge is 2.13. The number of halogens is 5. The Morgan fingerprint density at radius 1 is 0.944 bits per heavy atom. The van der Waals surface area contributed by atoms with Crippen molar-refractivity contribution in [3.05, 3.63) is 52.7 Å². The summed E-state index contributed by atoms with van der Waals surface area (Å²) in [6, 6.07) is 3.81. The van der Waals surface area contributed by atoms with Gasteiger partial charge in [0.2, 0.25) is 0 Å². The molecule has 0 atom stereocenters. The van der Waals surface area contributed by atoms with Gasteiger partial charge >= 0.3 is 0 Å². The molecule has 0 unspecified atom stereocenters. The van der Waals surface area contributed by atoms with Gasteiger partial charge in [0.25, 0.3) is 5.95 Å². The first-order chi connectivity index (χ1) is 8.47. The quantitative estimate of drug-likeness (QED) is 0.661. The van der Waals surface area contributed by atoms with Gasteiger partial charge in [0.1, 0.15) is 5.82 Å². The summed E-state index contributed by atoms with van der Waals surface area (Å²) in [7, 11) is 0. The summed E-state index contributed by atoms with van der Waals surface area (Å²) in [5.74, 6) is -5.42. The summed E-state index contributed by atoms with van der Waals surface area (Å²) in [6.07, 6.45) is 0. The maximum Gasteiger partial charge on any atom is 0.251 e. The normalized spacial score (nSPS) is 10.5. The third-order valence-corrected chi connectivity index (χ3v) is 2.30. The molecule has 0 saturated carbocycles. The van der Waals surface area contributed by atoms with Crippen molar-refractivity contribution in [3.63, 3.8) is 0 Å². The summed E-state index contributed by atoms with van der Waals surface area (Å²) in [5, 5.41) is 2.39. The maximum atomic E-state index is 13.3. The van der Waals surface area contributed by atoms with Crippen molar-refractivity contribution in [1.29, 1.82) is 0 Å². The zero-order valence-corrected chi connectivity index (χ0v) is 9.40. The molecule has 0 bridgehead atoms. The van der Waals surface area contributed by atoms with Crippen LogP contribution in [0.1, 0.15) is 0 Å². The van der Waals surface area contributed by atoms with Gasteiger partial charge in [-0.2, -0.15) is 9.37 Å². The number of rotatable bonds is 2. The van der Waals surface area contributed by atoms with Crippen molar-refractivity contribution in [3.8, 4) is 0 Å². The SMILES string of the molecule is Fc1ccc(Cl)cc1Nc1nc(F)c(F)cc1F. The van der Waals surface area contributed by atoms with E-state index in [1.165, 1.54) is 12.1 Å². The van der Waals surface area contributed by atoms with E-state index >= 15 is 0 Å². The Bertz CT molecular complexity index is 604. The Morgan fingerprint density at radius 2 is 1.67 bits per heavy atom. The minimum atomic E-state index is -1.48. The number of aromatic nitrogens is 1. The maximum absolute atomic E-state index is 13.3. The molecule has 18 heavy (non-hydrogen) atoms. The number of anilines is 2. The predicted octanol–water partition coefficient (Wildman–Crippen LogP) is 4.04. The molecule has 1 aromatic heterocycles. The average molecular weight is 277 g/mol. The monoisotopic (exact) mass is 276 g/mol. The highest BCUT2D eigenvalue weighted by molar-refractivity contribution is 6.30. The van der Waals surface area contributed by atoms with E-state index in [4.69, 9.17) is 11.6 Å². The van der Waals surface area contributed by atoms with Crippen LogP contribution < -0.4 is 5.32 Å². The van der Waals surface area contributed by atoms with E-state index in [1.807, 2.05) is 0 Å². The smallest absolute Gasteiger partial charge is 0.251 e. The van der Waals surface area contributed by atoms with Gasteiger partial charge < -0.3 is 5.32 Å². The summed E-state index contributed by atoms with van der Waals surface area (Å²) >= 11 is 5.62. The fraction of sp³-hybridized carbons (Fsp3) is 0. The number of hydrogen-bond donors (Lipinski definition) is 1. The van der Waals surface area contributed by atoms with Crippen LogP contribution in [-0.2, 0) is 0 Å². The number of hydrogen-bond acceptors (Lipinski definition) is 2. The van der Waals surface area contributed by atoms with E-state index in [0.29, 0.717) is 6.07 Å². The van der Waals surface area contributed by atoms with Gasteiger partial charge in [-0.3, -0.25) is 0 Å². The van der Waals surface area contributed by atoms with E-state index in [1.54, 1.807) is 0 Å². The Hall–Kier alpha value is -1.82. The second-order valence-electron chi connectivity index (χ2n) is 3.34. The lowest BCUT2D eigenvalue weighted by Gasteiger charge is -2.08. The second kappa shape index (κ2) is 4.81. The lowest BCUT2D eigenvalue weighted by atomic mass is 10.3. The van der Waals surface area contributed by atoms with Crippen LogP contribution in [-0.4, -0.2) is 4.98 Å². The summed E-state index contributed by atoms with van der Waals surface area (Å²) in [4.78, 5) is 3.00. The first-order valence-corrected chi connectivity index (χ1v) is 5.09. The van der Waals surface area contributed by atoms with Crippen LogP contribution in [0.2, 0.25) is 5.02 Å². The standard InChI is InChI=1S/C11H5ClF4N2/c12-5-1-2-6(13)9(3-5)17-11-8(15)4-7(14)10(16)18-11/h1-4H,(H,17,18). The zero-order valence-electron chi connectivity index (χ0n) is 8.65. The number of nitrogens with one attached hydrogen (secondary N) is 1. The highest BCUT2D eigenvalue weighted by atomic mass is 35.5. The minimum Gasteiger partial charge on any atom is -0.335 e. The van der Waals surface area contributed by atoms with Gasteiger partial charge in [0.15, 0.2) is 17.5 Å². The van der Waals surface area contributed by atoms with Crippen LogP contribution >= 0.6 is 11.6 Å². The third kappa shape index (κ3) is 2.53. The molecule has 0 radical (unpaired) electrons. The topological polar surface area (TPSA) is 24.9 Å². The molecule has 94 valence electrons. The summed E-state index contributed by atoms with van der Waals surface area (Å²) in [5.41, 5.74) is -0.195. The molecule has 0 aliphatic carbocycles. The Labute approximate surface area is 104 Å². The van der Waals surface area contributed by atoms with Crippen molar-refractivity contribution in [1.82, 2.24) is 4.98 Å². The Balaban J connectivity index is 2.40. The Kier molecular flexibility index (Phi) is 3.38. The van der Waals surface area contributed by atoms with Gasteiger partial charge in [-0.25, -0.2) is 13.2 Å². The number of benzene rings is 1. The minimum absolute atomic E-state index is 0.195. The molecule has 2 rings (SSSR count). The van der Waals surface area contributed by atoms with E-state index in [2.05, 4.69) is 10.3 Å². The molecule has 0 aliphatic rings. The molecule has 0 aliphatic heterocycles. The van der Waals surface area contributed by atoms with Crippen molar-refractivity contribution >= 4 is 23.1 Å².